The molecular formula is C10H13NO2. The van der Waals surface area contributed by atoms with Gasteiger partial charge in [0.05, 0.1) is 12.6 Å². The summed E-state index contributed by atoms with van der Waals surface area (Å²) in [5, 5.41) is 8.79. The summed E-state index contributed by atoms with van der Waals surface area (Å²) in [6, 6.07) is -0.302. The second-order valence-corrected chi connectivity index (χ2v) is 2.41. The molecule has 1 atom stereocenters. The van der Waals surface area contributed by atoms with E-state index in [2.05, 4.69) is 23.7 Å². The van der Waals surface area contributed by atoms with Crippen LogP contribution >= 0.6 is 0 Å². The fourth-order valence-electron chi connectivity index (χ4n) is 0.821. The average molecular weight is 179 g/mol. The molecule has 0 saturated carbocycles. The summed E-state index contributed by atoms with van der Waals surface area (Å²) in [6.45, 7) is 5.31. The molecule has 70 valence electrons. The molecule has 0 aromatic heterocycles. The molecule has 0 fully saturated rings. The van der Waals surface area contributed by atoms with Crippen molar-refractivity contribution >= 4 is 6.09 Å². The van der Waals surface area contributed by atoms with Gasteiger partial charge in [-0.1, -0.05) is 11.8 Å². The van der Waals surface area contributed by atoms with E-state index < -0.39 is 6.09 Å². The van der Waals surface area contributed by atoms with Crippen molar-refractivity contribution < 1.29 is 9.90 Å². The van der Waals surface area contributed by atoms with Crippen LogP contribution in [0.2, 0.25) is 0 Å². The predicted octanol–water partition coefficient (Wildman–Crippen LogP) is 1.40. The van der Waals surface area contributed by atoms with E-state index in [1.807, 2.05) is 0 Å². The highest BCUT2D eigenvalue weighted by Crippen LogP contribution is 1.97. The molecule has 0 aliphatic heterocycles. The largest absolute Gasteiger partial charge is 0.465 e. The fourth-order valence-corrected chi connectivity index (χ4v) is 0.821. The third-order valence-electron chi connectivity index (χ3n) is 1.49. The van der Waals surface area contributed by atoms with Gasteiger partial charge in [-0.3, -0.25) is 4.90 Å². The third-order valence-corrected chi connectivity index (χ3v) is 1.49. The van der Waals surface area contributed by atoms with Gasteiger partial charge in [0.1, 0.15) is 0 Å². The van der Waals surface area contributed by atoms with Gasteiger partial charge in [-0.05, 0) is 20.8 Å². The minimum atomic E-state index is -0.988. The predicted molar refractivity (Wildman–Crippen MR) is 51.1 cm³/mol. The van der Waals surface area contributed by atoms with Crippen molar-refractivity contribution in [2.45, 2.75) is 26.8 Å². The molecule has 1 N–H and O–H groups in total. The van der Waals surface area contributed by atoms with Gasteiger partial charge in [-0.15, -0.1) is 11.8 Å². The zero-order valence-electron chi connectivity index (χ0n) is 8.09. The smallest absolute Gasteiger partial charge is 0.409 e. The zero-order valence-corrected chi connectivity index (χ0v) is 8.09. The first-order valence-electron chi connectivity index (χ1n) is 3.95. The Labute approximate surface area is 78.7 Å². The van der Waals surface area contributed by atoms with Crippen molar-refractivity contribution in [1.29, 1.82) is 0 Å². The Morgan fingerprint density at radius 3 is 2.46 bits per heavy atom. The van der Waals surface area contributed by atoms with Crippen LogP contribution in [0.1, 0.15) is 20.8 Å². The van der Waals surface area contributed by atoms with E-state index in [1.165, 1.54) is 4.90 Å². The Hall–Kier alpha value is -1.61. The standard InChI is InChI=1S/C10H13NO2/c1-4-6-8-11(10(12)13)9(3)7-5-2/h9H,8H2,1-3H3,(H,12,13). The molecule has 1 amide bonds. The van der Waals surface area contributed by atoms with Gasteiger partial charge in [0.2, 0.25) is 0 Å². The minimum Gasteiger partial charge on any atom is -0.465 e. The van der Waals surface area contributed by atoms with Crippen LogP contribution in [-0.4, -0.2) is 28.7 Å². The molecule has 0 saturated heterocycles. The van der Waals surface area contributed by atoms with Crippen molar-refractivity contribution in [2.75, 3.05) is 6.54 Å². The number of amides is 1. The summed E-state index contributed by atoms with van der Waals surface area (Å²) < 4.78 is 0. The number of hydrogen-bond acceptors (Lipinski definition) is 1. The van der Waals surface area contributed by atoms with Crippen molar-refractivity contribution in [1.82, 2.24) is 4.90 Å². The highest BCUT2D eigenvalue weighted by molar-refractivity contribution is 5.66. The minimum absolute atomic E-state index is 0.210. The number of rotatable bonds is 2. The molecule has 3 nitrogen and oxygen atoms in total. The van der Waals surface area contributed by atoms with E-state index >= 15 is 0 Å². The first kappa shape index (κ1) is 11.4. The van der Waals surface area contributed by atoms with Gasteiger partial charge in [-0.2, -0.15) is 0 Å². The molecule has 13 heavy (non-hydrogen) atoms. The molecule has 0 bridgehead atoms. The quantitative estimate of drug-likeness (QED) is 0.651. The molecule has 0 aromatic carbocycles. The molecule has 0 spiro atoms. The van der Waals surface area contributed by atoms with E-state index in [0.29, 0.717) is 0 Å². The highest BCUT2D eigenvalue weighted by atomic mass is 16.4. The first-order valence-corrected chi connectivity index (χ1v) is 3.95. The van der Waals surface area contributed by atoms with Crippen LogP contribution in [0.5, 0.6) is 0 Å². The van der Waals surface area contributed by atoms with Crippen LogP contribution in [0.25, 0.3) is 0 Å². The summed E-state index contributed by atoms with van der Waals surface area (Å²) in [5.74, 6) is 10.8. The zero-order chi connectivity index (χ0) is 10.3. The van der Waals surface area contributed by atoms with E-state index in [4.69, 9.17) is 5.11 Å². The number of nitrogens with zero attached hydrogens (tertiary/aromatic N) is 1. The maximum Gasteiger partial charge on any atom is 0.409 e. The lowest BCUT2D eigenvalue weighted by Crippen LogP contribution is -2.37. The molecule has 0 aliphatic rings. The van der Waals surface area contributed by atoms with E-state index in [1.54, 1.807) is 20.8 Å². The molecule has 0 aliphatic carbocycles. The second kappa shape index (κ2) is 5.97. The van der Waals surface area contributed by atoms with E-state index in [9.17, 15) is 4.79 Å². The van der Waals surface area contributed by atoms with Crippen LogP contribution in [0.4, 0.5) is 4.79 Å². The number of carboxylic acid groups (broad SMARTS) is 1. The summed E-state index contributed by atoms with van der Waals surface area (Å²) in [7, 11) is 0. The lowest BCUT2D eigenvalue weighted by atomic mass is 10.3. The van der Waals surface area contributed by atoms with Crippen molar-refractivity contribution in [3.8, 4) is 23.7 Å². The maximum atomic E-state index is 10.7. The Bertz CT molecular complexity index is 288. The fraction of sp³-hybridized carbons (Fsp3) is 0.500. The van der Waals surface area contributed by atoms with Crippen LogP contribution in [0.3, 0.4) is 0 Å². The second-order valence-electron chi connectivity index (χ2n) is 2.41. The van der Waals surface area contributed by atoms with Gasteiger partial charge in [-0.25, -0.2) is 4.79 Å². The maximum absolute atomic E-state index is 10.7. The Morgan fingerprint density at radius 1 is 1.46 bits per heavy atom. The lowest BCUT2D eigenvalue weighted by Gasteiger charge is -2.19. The summed E-state index contributed by atoms with van der Waals surface area (Å²) in [5.41, 5.74) is 0. The normalized spacial score (nSPS) is 10.1. The molecule has 0 heterocycles. The van der Waals surface area contributed by atoms with Crippen molar-refractivity contribution in [3.63, 3.8) is 0 Å². The third kappa shape index (κ3) is 4.08. The van der Waals surface area contributed by atoms with Crippen LogP contribution in [0.15, 0.2) is 0 Å². The topological polar surface area (TPSA) is 40.5 Å². The SMILES string of the molecule is CC#CCN(C(=O)O)C(C)C#CC. The molecule has 0 aromatic rings. The van der Waals surface area contributed by atoms with Gasteiger partial charge in [0.25, 0.3) is 0 Å². The van der Waals surface area contributed by atoms with Crippen LogP contribution in [0, 0.1) is 23.7 Å². The monoisotopic (exact) mass is 179 g/mol. The van der Waals surface area contributed by atoms with Crippen LogP contribution in [-0.2, 0) is 0 Å². The molecule has 0 rings (SSSR count). The van der Waals surface area contributed by atoms with E-state index in [-0.39, 0.29) is 12.6 Å². The van der Waals surface area contributed by atoms with Gasteiger partial charge in [0, 0.05) is 0 Å². The summed E-state index contributed by atoms with van der Waals surface area (Å²) in [6.07, 6.45) is -0.988. The molecule has 0 radical (unpaired) electrons. The van der Waals surface area contributed by atoms with Gasteiger partial charge < -0.3 is 5.11 Å². The van der Waals surface area contributed by atoms with Gasteiger partial charge in [0.15, 0.2) is 0 Å². The van der Waals surface area contributed by atoms with Crippen LogP contribution < -0.4 is 0 Å². The highest BCUT2D eigenvalue weighted by Gasteiger charge is 2.15. The Morgan fingerprint density at radius 2 is 2.08 bits per heavy atom. The summed E-state index contributed by atoms with van der Waals surface area (Å²) in [4.78, 5) is 11.9. The van der Waals surface area contributed by atoms with E-state index in [0.717, 1.165) is 0 Å². The summed E-state index contributed by atoms with van der Waals surface area (Å²) >= 11 is 0. The van der Waals surface area contributed by atoms with Crippen molar-refractivity contribution in [3.05, 3.63) is 0 Å². The Kier molecular flexibility index (Phi) is 5.23. The first-order chi connectivity index (χ1) is 6.13. The lowest BCUT2D eigenvalue weighted by molar-refractivity contribution is 0.145. The molecule has 3 heteroatoms. The molecule has 1 unspecified atom stereocenters. The van der Waals surface area contributed by atoms with Gasteiger partial charge >= 0.3 is 6.09 Å². The number of hydrogen-bond donors (Lipinski definition) is 1. The van der Waals surface area contributed by atoms with Crippen molar-refractivity contribution in [2.24, 2.45) is 0 Å². The average Bonchev–Trinajstić information content (AvgIpc) is 2.05. The Balaban J connectivity index is 4.44. The molecular weight excluding hydrogens is 166 g/mol. The number of carbonyl (C=O) groups is 1.